The highest BCUT2D eigenvalue weighted by Crippen LogP contribution is 2.20. The van der Waals surface area contributed by atoms with Crippen LogP contribution in [-0.2, 0) is 4.79 Å². The molecule has 0 rings (SSSR count). The van der Waals surface area contributed by atoms with Gasteiger partial charge in [0.05, 0.1) is 0 Å². The standard InChI is InChI=1S/C6H9I3O2/c7-3-1-2-4(8)5(9)6(10)11/h4-5H,1-3H2,(H,10,11). The second-order valence-electron chi connectivity index (χ2n) is 2.09. The number of rotatable bonds is 5. The van der Waals surface area contributed by atoms with Crippen LogP contribution in [0.3, 0.4) is 0 Å². The van der Waals surface area contributed by atoms with E-state index in [4.69, 9.17) is 5.11 Å². The van der Waals surface area contributed by atoms with Crippen LogP contribution in [0, 0.1) is 0 Å². The monoisotopic (exact) mass is 494 g/mol. The Hall–Kier alpha value is 1.66. The summed E-state index contributed by atoms with van der Waals surface area (Å²) in [5, 5.41) is 8.64. The predicted molar refractivity (Wildman–Crippen MR) is 71.4 cm³/mol. The van der Waals surface area contributed by atoms with Crippen LogP contribution in [0.5, 0.6) is 0 Å². The molecule has 1 N–H and O–H groups in total. The molecule has 5 heteroatoms. The van der Waals surface area contributed by atoms with E-state index in [1.807, 2.05) is 22.6 Å². The summed E-state index contributed by atoms with van der Waals surface area (Å²) >= 11 is 6.51. The number of aliphatic carboxylic acids is 1. The zero-order chi connectivity index (χ0) is 8.85. The van der Waals surface area contributed by atoms with Crippen LogP contribution < -0.4 is 0 Å². The zero-order valence-corrected chi connectivity index (χ0v) is 12.2. The number of carboxylic acid groups (broad SMARTS) is 1. The van der Waals surface area contributed by atoms with Crippen LogP contribution in [0.15, 0.2) is 0 Å². The Morgan fingerprint density at radius 2 is 2.00 bits per heavy atom. The Kier molecular flexibility index (Phi) is 8.17. The van der Waals surface area contributed by atoms with Gasteiger partial charge < -0.3 is 5.11 Å². The first-order valence-electron chi connectivity index (χ1n) is 3.16. The largest absolute Gasteiger partial charge is 0.480 e. The summed E-state index contributed by atoms with van der Waals surface area (Å²) in [5.74, 6) is -0.696. The second-order valence-corrected chi connectivity index (χ2v) is 6.11. The van der Waals surface area contributed by atoms with E-state index in [-0.39, 0.29) is 7.85 Å². The van der Waals surface area contributed by atoms with E-state index >= 15 is 0 Å². The second kappa shape index (κ2) is 7.10. The van der Waals surface area contributed by atoms with Crippen LogP contribution in [0.25, 0.3) is 0 Å². The Morgan fingerprint density at radius 3 is 2.36 bits per heavy atom. The summed E-state index contributed by atoms with van der Waals surface area (Å²) in [5.41, 5.74) is 0. The fourth-order valence-corrected chi connectivity index (χ4v) is 2.12. The van der Waals surface area contributed by atoms with Crippen molar-refractivity contribution in [2.45, 2.75) is 20.7 Å². The molecular weight excluding hydrogens is 485 g/mol. The maximum atomic E-state index is 10.5. The van der Waals surface area contributed by atoms with Crippen molar-refractivity contribution < 1.29 is 9.90 Å². The molecule has 11 heavy (non-hydrogen) atoms. The number of alkyl halides is 3. The van der Waals surface area contributed by atoms with E-state index in [0.717, 1.165) is 17.3 Å². The molecule has 0 saturated carbocycles. The van der Waals surface area contributed by atoms with Gasteiger partial charge >= 0.3 is 5.97 Å². The molecule has 0 heterocycles. The highest BCUT2D eigenvalue weighted by molar-refractivity contribution is 14.1. The maximum Gasteiger partial charge on any atom is 0.317 e. The van der Waals surface area contributed by atoms with Crippen molar-refractivity contribution in [1.82, 2.24) is 0 Å². The number of hydrogen-bond acceptors (Lipinski definition) is 1. The maximum absolute atomic E-state index is 10.5. The Labute approximate surface area is 107 Å². The molecule has 0 spiro atoms. The molecular formula is C6H9I3O2. The number of carbonyl (C=O) groups is 1. The van der Waals surface area contributed by atoms with E-state index in [9.17, 15) is 4.79 Å². The minimum atomic E-state index is -0.696. The predicted octanol–water partition coefficient (Wildman–Crippen LogP) is 2.89. The molecule has 0 amide bonds. The lowest BCUT2D eigenvalue weighted by Gasteiger charge is -2.11. The van der Waals surface area contributed by atoms with Gasteiger partial charge in [0.2, 0.25) is 0 Å². The lowest BCUT2D eigenvalue weighted by Crippen LogP contribution is -2.23. The van der Waals surface area contributed by atoms with Crippen molar-refractivity contribution in [2.24, 2.45) is 0 Å². The molecule has 0 saturated heterocycles. The summed E-state index contributed by atoms with van der Waals surface area (Å²) in [6.45, 7) is 0. The molecule has 66 valence electrons. The molecule has 0 aromatic carbocycles. The minimum Gasteiger partial charge on any atom is -0.480 e. The van der Waals surface area contributed by atoms with E-state index in [2.05, 4.69) is 45.2 Å². The first-order chi connectivity index (χ1) is 5.09. The smallest absolute Gasteiger partial charge is 0.317 e. The van der Waals surface area contributed by atoms with Gasteiger partial charge in [0.15, 0.2) is 0 Å². The van der Waals surface area contributed by atoms with Gasteiger partial charge in [-0.3, -0.25) is 4.79 Å². The van der Waals surface area contributed by atoms with Gasteiger partial charge in [0.25, 0.3) is 0 Å². The molecule has 0 aliphatic heterocycles. The first-order valence-corrected chi connectivity index (χ1v) is 7.18. The van der Waals surface area contributed by atoms with Gasteiger partial charge in [0, 0.05) is 3.92 Å². The Balaban J connectivity index is 3.63. The quantitative estimate of drug-likeness (QED) is 0.472. The highest BCUT2D eigenvalue weighted by atomic mass is 127. The lowest BCUT2D eigenvalue weighted by molar-refractivity contribution is -0.135. The van der Waals surface area contributed by atoms with Crippen molar-refractivity contribution >= 4 is 73.7 Å². The minimum absolute atomic E-state index is 0.240. The summed E-state index contributed by atoms with van der Waals surface area (Å²) in [4.78, 5) is 10.5. The molecule has 2 nitrogen and oxygen atoms in total. The molecule has 0 aromatic rings. The van der Waals surface area contributed by atoms with Crippen molar-refractivity contribution in [3.8, 4) is 0 Å². The third-order valence-electron chi connectivity index (χ3n) is 1.17. The van der Waals surface area contributed by atoms with Crippen molar-refractivity contribution in [3.63, 3.8) is 0 Å². The van der Waals surface area contributed by atoms with Crippen LogP contribution in [0.2, 0.25) is 0 Å². The summed E-state index contributed by atoms with van der Waals surface area (Å²) in [6, 6.07) is 0. The topological polar surface area (TPSA) is 37.3 Å². The van der Waals surface area contributed by atoms with Gasteiger partial charge in [-0.15, -0.1) is 0 Å². The lowest BCUT2D eigenvalue weighted by atomic mass is 10.2. The van der Waals surface area contributed by atoms with Gasteiger partial charge in [-0.1, -0.05) is 67.8 Å². The molecule has 2 unspecified atom stereocenters. The van der Waals surface area contributed by atoms with Gasteiger partial charge in [-0.25, -0.2) is 0 Å². The van der Waals surface area contributed by atoms with Gasteiger partial charge in [-0.05, 0) is 17.3 Å². The molecule has 2 atom stereocenters. The van der Waals surface area contributed by atoms with Crippen LogP contribution in [0.1, 0.15) is 12.8 Å². The van der Waals surface area contributed by atoms with E-state index in [1.165, 1.54) is 0 Å². The van der Waals surface area contributed by atoms with E-state index in [0.29, 0.717) is 0 Å². The number of carboxylic acids is 1. The molecule has 0 aromatic heterocycles. The zero-order valence-electron chi connectivity index (χ0n) is 5.77. The number of halogens is 3. The SMILES string of the molecule is O=C(O)C(I)C(I)CCCI. The molecule has 0 aliphatic rings. The molecule has 0 bridgehead atoms. The van der Waals surface area contributed by atoms with Gasteiger partial charge in [-0.2, -0.15) is 0 Å². The molecule has 0 aliphatic carbocycles. The molecule has 0 fully saturated rings. The fourth-order valence-electron chi connectivity index (χ4n) is 0.573. The van der Waals surface area contributed by atoms with E-state index < -0.39 is 5.97 Å². The van der Waals surface area contributed by atoms with Crippen LogP contribution in [0.4, 0.5) is 0 Å². The van der Waals surface area contributed by atoms with Crippen LogP contribution in [-0.4, -0.2) is 23.4 Å². The third kappa shape index (κ3) is 5.83. The van der Waals surface area contributed by atoms with Crippen LogP contribution >= 0.6 is 67.8 Å². The average molecular weight is 494 g/mol. The van der Waals surface area contributed by atoms with E-state index in [1.54, 1.807) is 0 Å². The molecule has 0 radical (unpaired) electrons. The highest BCUT2D eigenvalue weighted by Gasteiger charge is 2.21. The number of hydrogen-bond donors (Lipinski definition) is 1. The fraction of sp³-hybridized carbons (Fsp3) is 0.833. The van der Waals surface area contributed by atoms with Gasteiger partial charge in [0.1, 0.15) is 3.92 Å². The summed E-state index contributed by atoms with van der Waals surface area (Å²) in [6.07, 6.45) is 2.12. The van der Waals surface area contributed by atoms with Crippen molar-refractivity contribution in [2.75, 3.05) is 4.43 Å². The average Bonchev–Trinajstić information content (AvgIpc) is 1.98. The summed E-state index contributed by atoms with van der Waals surface area (Å²) in [7, 11) is 0. The normalized spacial score (nSPS) is 15.9. The Morgan fingerprint density at radius 1 is 1.45 bits per heavy atom. The summed E-state index contributed by atoms with van der Waals surface area (Å²) < 4.78 is 1.14. The Bertz CT molecular complexity index is 129. The first kappa shape index (κ1) is 12.7. The van der Waals surface area contributed by atoms with Crippen molar-refractivity contribution in [3.05, 3.63) is 0 Å². The van der Waals surface area contributed by atoms with Crippen molar-refractivity contribution in [1.29, 1.82) is 0 Å². The third-order valence-corrected chi connectivity index (χ3v) is 6.05.